The first-order valence-corrected chi connectivity index (χ1v) is 5.40. The molecule has 0 aromatic rings. The molecule has 0 aliphatic carbocycles. The van der Waals surface area contributed by atoms with Gasteiger partial charge in [-0.1, -0.05) is 6.92 Å². The van der Waals surface area contributed by atoms with Crippen LogP contribution in [-0.4, -0.2) is 55.1 Å². The fraction of sp³-hybridized carbons (Fsp3) is 0.900. The lowest BCUT2D eigenvalue weighted by Gasteiger charge is -2.19. The van der Waals surface area contributed by atoms with E-state index in [-0.39, 0.29) is 6.54 Å². The first-order chi connectivity index (χ1) is 7.47. The van der Waals surface area contributed by atoms with E-state index >= 15 is 0 Å². The van der Waals surface area contributed by atoms with E-state index in [0.29, 0.717) is 19.5 Å². The van der Waals surface area contributed by atoms with Crippen LogP contribution in [0.25, 0.3) is 0 Å². The number of aliphatic carboxylic acids is 1. The summed E-state index contributed by atoms with van der Waals surface area (Å²) in [6.07, 6.45) is -1.20. The molecule has 1 unspecified atom stereocenters. The molecule has 0 spiro atoms. The number of halogens is 2. The van der Waals surface area contributed by atoms with Crippen molar-refractivity contribution in [3.63, 3.8) is 0 Å². The molecular weight excluding hydrogens is 218 g/mol. The molecule has 16 heavy (non-hydrogen) atoms. The summed E-state index contributed by atoms with van der Waals surface area (Å²) < 4.78 is 24.0. The van der Waals surface area contributed by atoms with Gasteiger partial charge in [0, 0.05) is 6.54 Å². The van der Waals surface area contributed by atoms with Crippen molar-refractivity contribution < 1.29 is 18.7 Å². The molecule has 0 bridgehead atoms. The van der Waals surface area contributed by atoms with Gasteiger partial charge in [0.1, 0.15) is 6.04 Å². The van der Waals surface area contributed by atoms with E-state index in [1.54, 1.807) is 7.05 Å². The van der Waals surface area contributed by atoms with E-state index in [9.17, 15) is 13.6 Å². The van der Waals surface area contributed by atoms with Crippen molar-refractivity contribution in [2.45, 2.75) is 32.2 Å². The molecule has 0 fully saturated rings. The zero-order valence-electron chi connectivity index (χ0n) is 9.75. The van der Waals surface area contributed by atoms with Crippen LogP contribution in [0, 0.1) is 0 Å². The SMILES string of the molecule is CCCNC(CCN(C)CC(F)F)C(=O)O. The average molecular weight is 238 g/mol. The van der Waals surface area contributed by atoms with Crippen molar-refractivity contribution in [3.8, 4) is 0 Å². The van der Waals surface area contributed by atoms with Crippen LogP contribution in [-0.2, 0) is 4.79 Å². The third-order valence-corrected chi connectivity index (χ3v) is 2.19. The Morgan fingerprint density at radius 3 is 2.56 bits per heavy atom. The van der Waals surface area contributed by atoms with Crippen LogP contribution in [0.3, 0.4) is 0 Å². The number of hydrogen-bond acceptors (Lipinski definition) is 3. The second kappa shape index (κ2) is 8.41. The molecule has 0 saturated carbocycles. The Balaban J connectivity index is 3.87. The molecule has 96 valence electrons. The van der Waals surface area contributed by atoms with Gasteiger partial charge in [0.05, 0.1) is 6.54 Å². The molecule has 0 heterocycles. The number of carbonyl (C=O) groups is 1. The predicted octanol–water partition coefficient (Wildman–Crippen LogP) is 1.03. The smallest absolute Gasteiger partial charge is 0.320 e. The molecular formula is C10H20F2N2O2. The quantitative estimate of drug-likeness (QED) is 0.630. The van der Waals surface area contributed by atoms with Gasteiger partial charge < -0.3 is 15.3 Å². The highest BCUT2D eigenvalue weighted by Crippen LogP contribution is 1.99. The molecule has 4 nitrogen and oxygen atoms in total. The fourth-order valence-electron chi connectivity index (χ4n) is 1.31. The average Bonchev–Trinajstić information content (AvgIpc) is 2.16. The molecule has 1 atom stereocenters. The first-order valence-electron chi connectivity index (χ1n) is 5.40. The zero-order chi connectivity index (χ0) is 12.6. The Hall–Kier alpha value is -0.750. The van der Waals surface area contributed by atoms with Crippen LogP contribution < -0.4 is 5.32 Å². The number of nitrogens with zero attached hydrogens (tertiary/aromatic N) is 1. The zero-order valence-corrected chi connectivity index (χ0v) is 9.75. The normalized spacial score (nSPS) is 13.4. The van der Waals surface area contributed by atoms with E-state index < -0.39 is 18.4 Å². The summed E-state index contributed by atoms with van der Waals surface area (Å²) in [5.41, 5.74) is 0. The number of alkyl halides is 2. The molecule has 0 saturated heterocycles. The molecule has 0 radical (unpaired) electrons. The molecule has 0 aromatic carbocycles. The first kappa shape index (κ1) is 15.2. The maximum Gasteiger partial charge on any atom is 0.320 e. The van der Waals surface area contributed by atoms with Gasteiger partial charge in [-0.15, -0.1) is 0 Å². The highest BCUT2D eigenvalue weighted by Gasteiger charge is 2.17. The van der Waals surface area contributed by atoms with Gasteiger partial charge in [0.25, 0.3) is 6.43 Å². The van der Waals surface area contributed by atoms with Gasteiger partial charge in [0.2, 0.25) is 0 Å². The Morgan fingerprint density at radius 1 is 1.50 bits per heavy atom. The van der Waals surface area contributed by atoms with Gasteiger partial charge in [-0.25, -0.2) is 8.78 Å². The number of nitrogens with one attached hydrogen (secondary N) is 1. The summed E-state index contributed by atoms with van der Waals surface area (Å²) in [6.45, 7) is 2.59. The van der Waals surface area contributed by atoms with E-state index in [1.807, 2.05) is 6.92 Å². The third-order valence-electron chi connectivity index (χ3n) is 2.19. The van der Waals surface area contributed by atoms with Gasteiger partial charge in [-0.05, 0) is 26.4 Å². The topological polar surface area (TPSA) is 52.6 Å². The second-order valence-electron chi connectivity index (χ2n) is 3.79. The highest BCUT2D eigenvalue weighted by atomic mass is 19.3. The molecule has 0 rings (SSSR count). The Labute approximate surface area is 94.6 Å². The summed E-state index contributed by atoms with van der Waals surface area (Å²) in [5, 5.41) is 11.7. The molecule has 2 N–H and O–H groups in total. The van der Waals surface area contributed by atoms with Crippen LogP contribution >= 0.6 is 0 Å². The Kier molecular flexibility index (Phi) is 8.01. The predicted molar refractivity (Wildman–Crippen MR) is 57.8 cm³/mol. The standard InChI is InChI=1S/C10H20F2N2O2/c1-3-5-13-8(10(15)16)4-6-14(2)7-9(11)12/h8-9,13H,3-7H2,1-2H3,(H,15,16). The maximum atomic E-state index is 12.0. The van der Waals surface area contributed by atoms with Crippen molar-refractivity contribution >= 4 is 5.97 Å². The summed E-state index contributed by atoms with van der Waals surface area (Å²) in [5.74, 6) is -0.932. The van der Waals surface area contributed by atoms with E-state index in [1.165, 1.54) is 4.90 Å². The number of rotatable bonds is 9. The number of hydrogen-bond donors (Lipinski definition) is 2. The minimum absolute atomic E-state index is 0.319. The molecule has 0 aromatic heterocycles. The summed E-state index contributed by atoms with van der Waals surface area (Å²) >= 11 is 0. The molecule has 0 aliphatic heterocycles. The fourth-order valence-corrected chi connectivity index (χ4v) is 1.31. The van der Waals surface area contributed by atoms with Gasteiger partial charge >= 0.3 is 5.97 Å². The van der Waals surface area contributed by atoms with Crippen molar-refractivity contribution in [2.75, 3.05) is 26.7 Å². The van der Waals surface area contributed by atoms with Crippen LogP contribution in [0.4, 0.5) is 8.78 Å². The van der Waals surface area contributed by atoms with Crippen LogP contribution in [0.5, 0.6) is 0 Å². The molecule has 0 amide bonds. The minimum Gasteiger partial charge on any atom is -0.480 e. The molecule has 6 heteroatoms. The van der Waals surface area contributed by atoms with Crippen molar-refractivity contribution in [1.29, 1.82) is 0 Å². The van der Waals surface area contributed by atoms with Crippen molar-refractivity contribution in [1.82, 2.24) is 10.2 Å². The summed E-state index contributed by atoms with van der Waals surface area (Å²) in [7, 11) is 1.56. The Morgan fingerprint density at radius 2 is 2.12 bits per heavy atom. The van der Waals surface area contributed by atoms with Crippen molar-refractivity contribution in [2.24, 2.45) is 0 Å². The lowest BCUT2D eigenvalue weighted by Crippen LogP contribution is -2.40. The third kappa shape index (κ3) is 7.53. The lowest BCUT2D eigenvalue weighted by molar-refractivity contribution is -0.139. The summed E-state index contributed by atoms with van der Waals surface area (Å²) in [6, 6.07) is -0.653. The van der Waals surface area contributed by atoms with E-state index in [0.717, 1.165) is 6.42 Å². The van der Waals surface area contributed by atoms with Gasteiger partial charge in [-0.2, -0.15) is 0 Å². The van der Waals surface area contributed by atoms with Crippen LogP contribution in [0.1, 0.15) is 19.8 Å². The van der Waals surface area contributed by atoms with Gasteiger partial charge in [-0.3, -0.25) is 4.79 Å². The number of carboxylic acids is 1. The van der Waals surface area contributed by atoms with Crippen LogP contribution in [0.2, 0.25) is 0 Å². The summed E-state index contributed by atoms with van der Waals surface area (Å²) in [4.78, 5) is 12.2. The largest absolute Gasteiger partial charge is 0.480 e. The van der Waals surface area contributed by atoms with Crippen molar-refractivity contribution in [3.05, 3.63) is 0 Å². The lowest BCUT2D eigenvalue weighted by atomic mass is 10.2. The second-order valence-corrected chi connectivity index (χ2v) is 3.79. The van der Waals surface area contributed by atoms with Gasteiger partial charge in [0.15, 0.2) is 0 Å². The highest BCUT2D eigenvalue weighted by molar-refractivity contribution is 5.73. The Bertz CT molecular complexity index is 203. The number of carboxylic acid groups (broad SMARTS) is 1. The van der Waals surface area contributed by atoms with Crippen LogP contribution in [0.15, 0.2) is 0 Å². The molecule has 0 aliphatic rings. The monoisotopic (exact) mass is 238 g/mol. The van der Waals surface area contributed by atoms with E-state index in [2.05, 4.69) is 5.32 Å². The van der Waals surface area contributed by atoms with E-state index in [4.69, 9.17) is 5.11 Å². The minimum atomic E-state index is -2.38. The maximum absolute atomic E-state index is 12.0.